The molecule has 0 unspecified atom stereocenters. The Morgan fingerprint density at radius 2 is 1.84 bits per heavy atom. The number of carbonyl (C=O) groups is 1. The first kappa shape index (κ1) is 26.6. The summed E-state index contributed by atoms with van der Waals surface area (Å²) in [6.07, 6.45) is 3.61. The van der Waals surface area contributed by atoms with Gasteiger partial charge in [-0.15, -0.1) is 0 Å². The summed E-state index contributed by atoms with van der Waals surface area (Å²) in [5, 5.41) is 13.5. The Morgan fingerprint density at radius 3 is 2.55 bits per heavy atom. The van der Waals surface area contributed by atoms with E-state index in [1.54, 1.807) is 30.3 Å². The highest BCUT2D eigenvalue weighted by Crippen LogP contribution is 2.28. The molecule has 0 aliphatic heterocycles. The summed E-state index contributed by atoms with van der Waals surface area (Å²) >= 11 is 0. The fourth-order valence-corrected chi connectivity index (χ4v) is 4.38. The Labute approximate surface area is 224 Å². The summed E-state index contributed by atoms with van der Waals surface area (Å²) in [6, 6.07) is 23.4. The Balaban J connectivity index is 1.53. The van der Waals surface area contributed by atoms with Gasteiger partial charge in [-0.25, -0.2) is 0 Å². The lowest BCUT2D eigenvalue weighted by molar-refractivity contribution is -0.112. The smallest absolute Gasteiger partial charge is 0.266 e. The maximum absolute atomic E-state index is 12.9. The van der Waals surface area contributed by atoms with Gasteiger partial charge in [-0.3, -0.25) is 4.79 Å². The fraction of sp³-hybridized carbons (Fsp3) is 0.250. The van der Waals surface area contributed by atoms with E-state index in [2.05, 4.69) is 54.9 Å². The Morgan fingerprint density at radius 1 is 1.08 bits per heavy atom. The number of carbonyl (C=O) groups excluding carboxylic acids is 1. The van der Waals surface area contributed by atoms with Crippen LogP contribution < -0.4 is 14.8 Å². The Bertz CT molecular complexity index is 1490. The van der Waals surface area contributed by atoms with Crippen molar-refractivity contribution in [1.82, 2.24) is 4.57 Å². The van der Waals surface area contributed by atoms with Gasteiger partial charge >= 0.3 is 0 Å². The Hall–Kier alpha value is -4.50. The second kappa shape index (κ2) is 12.2. The van der Waals surface area contributed by atoms with Crippen molar-refractivity contribution < 1.29 is 14.3 Å². The highest BCUT2D eigenvalue weighted by molar-refractivity contribution is 6.10. The van der Waals surface area contributed by atoms with Crippen molar-refractivity contribution >= 4 is 28.6 Å². The van der Waals surface area contributed by atoms with Crippen LogP contribution >= 0.6 is 0 Å². The third kappa shape index (κ3) is 6.24. The first-order valence-corrected chi connectivity index (χ1v) is 12.9. The lowest BCUT2D eigenvalue weighted by Gasteiger charge is -2.15. The molecule has 0 atom stereocenters. The molecule has 4 aromatic rings. The third-order valence-electron chi connectivity index (χ3n) is 6.29. The minimum atomic E-state index is -0.461. The zero-order valence-electron chi connectivity index (χ0n) is 22.3. The predicted octanol–water partition coefficient (Wildman–Crippen LogP) is 7.10. The topological polar surface area (TPSA) is 76.3 Å². The number of nitrogens with zero attached hydrogens (tertiary/aromatic N) is 2. The van der Waals surface area contributed by atoms with E-state index in [4.69, 9.17) is 9.47 Å². The van der Waals surface area contributed by atoms with Crippen molar-refractivity contribution in [2.24, 2.45) is 0 Å². The summed E-state index contributed by atoms with van der Waals surface area (Å²) in [6.45, 7) is 9.99. The van der Waals surface area contributed by atoms with Gasteiger partial charge in [-0.1, -0.05) is 44.2 Å². The second-order valence-electron chi connectivity index (χ2n) is 9.42. The number of anilines is 1. The molecule has 0 saturated carbocycles. The molecule has 1 N–H and O–H groups in total. The van der Waals surface area contributed by atoms with Crippen molar-refractivity contribution in [3.8, 4) is 17.6 Å². The molecule has 0 radical (unpaired) electrons. The molecule has 1 heterocycles. The number of aryl methyl sites for hydroxylation is 1. The minimum absolute atomic E-state index is 0.0272. The zero-order valence-corrected chi connectivity index (χ0v) is 22.3. The first-order chi connectivity index (χ1) is 18.4. The van der Waals surface area contributed by atoms with Gasteiger partial charge in [-0.2, -0.15) is 5.26 Å². The first-order valence-electron chi connectivity index (χ1n) is 12.9. The van der Waals surface area contributed by atoms with Crippen molar-refractivity contribution in [2.75, 3.05) is 18.5 Å². The molecular formula is C32H33N3O3. The normalized spacial score (nSPS) is 11.4. The zero-order chi connectivity index (χ0) is 27.1. The van der Waals surface area contributed by atoms with Gasteiger partial charge in [0.05, 0.1) is 13.2 Å². The van der Waals surface area contributed by atoms with E-state index in [1.165, 1.54) is 5.56 Å². The summed E-state index contributed by atoms with van der Waals surface area (Å²) in [5.41, 5.74) is 4.79. The molecule has 1 amide bonds. The SMILES string of the molecule is CCOc1ccc(NC(=O)/C(C#N)=C/c2cn(CCOc3cc(C)ccc3C(C)C)c3ccccc23)cc1. The molecular weight excluding hydrogens is 474 g/mol. The average molecular weight is 508 g/mol. The molecule has 4 rings (SSSR count). The van der Waals surface area contributed by atoms with Crippen molar-refractivity contribution in [3.05, 3.63) is 95.2 Å². The number of rotatable bonds is 10. The molecule has 6 heteroatoms. The van der Waals surface area contributed by atoms with E-state index in [9.17, 15) is 10.1 Å². The van der Waals surface area contributed by atoms with E-state index in [1.807, 2.05) is 37.4 Å². The number of nitrogens with one attached hydrogen (secondary N) is 1. The van der Waals surface area contributed by atoms with Crippen LogP contribution in [0.2, 0.25) is 0 Å². The maximum Gasteiger partial charge on any atom is 0.266 e. The molecule has 0 fully saturated rings. The molecule has 194 valence electrons. The van der Waals surface area contributed by atoms with Gasteiger partial charge in [0.15, 0.2) is 0 Å². The summed E-state index contributed by atoms with van der Waals surface area (Å²) in [7, 11) is 0. The molecule has 6 nitrogen and oxygen atoms in total. The van der Waals surface area contributed by atoms with Crippen molar-refractivity contribution in [1.29, 1.82) is 5.26 Å². The summed E-state index contributed by atoms with van der Waals surface area (Å²) in [4.78, 5) is 12.9. The Kier molecular flexibility index (Phi) is 8.50. The van der Waals surface area contributed by atoms with Crippen LogP contribution in [0.4, 0.5) is 5.69 Å². The minimum Gasteiger partial charge on any atom is -0.494 e. The van der Waals surface area contributed by atoms with Gasteiger partial charge in [0.1, 0.15) is 29.7 Å². The molecule has 38 heavy (non-hydrogen) atoms. The number of fused-ring (bicyclic) bond motifs is 1. The number of amides is 1. The number of benzene rings is 3. The number of nitriles is 1. The summed E-state index contributed by atoms with van der Waals surface area (Å²) in [5.74, 6) is 1.54. The van der Waals surface area contributed by atoms with Crippen LogP contribution in [-0.4, -0.2) is 23.7 Å². The highest BCUT2D eigenvalue weighted by Gasteiger charge is 2.14. The fourth-order valence-electron chi connectivity index (χ4n) is 4.38. The van der Waals surface area contributed by atoms with Gasteiger partial charge in [0.2, 0.25) is 0 Å². The van der Waals surface area contributed by atoms with E-state index in [-0.39, 0.29) is 5.57 Å². The van der Waals surface area contributed by atoms with Crippen molar-refractivity contribution in [2.45, 2.75) is 40.2 Å². The van der Waals surface area contributed by atoms with Gasteiger partial charge in [0, 0.05) is 28.4 Å². The van der Waals surface area contributed by atoms with Crippen LogP contribution in [-0.2, 0) is 11.3 Å². The van der Waals surface area contributed by atoms with Gasteiger partial charge in [0.25, 0.3) is 5.91 Å². The number of ether oxygens (including phenoxy) is 2. The molecule has 0 aliphatic rings. The highest BCUT2D eigenvalue weighted by atomic mass is 16.5. The lowest BCUT2D eigenvalue weighted by atomic mass is 10.0. The average Bonchev–Trinajstić information content (AvgIpc) is 3.25. The molecule has 0 spiro atoms. The third-order valence-corrected chi connectivity index (χ3v) is 6.29. The monoisotopic (exact) mass is 507 g/mol. The van der Waals surface area contributed by atoms with Crippen LogP contribution in [0.1, 0.15) is 43.4 Å². The second-order valence-corrected chi connectivity index (χ2v) is 9.42. The molecule has 1 aromatic heterocycles. The number of hydrogen-bond acceptors (Lipinski definition) is 4. The largest absolute Gasteiger partial charge is 0.494 e. The quantitative estimate of drug-likeness (QED) is 0.184. The van der Waals surface area contributed by atoms with Gasteiger partial charge in [-0.05, 0) is 73.4 Å². The van der Waals surface area contributed by atoms with Crippen LogP contribution in [0.15, 0.2) is 78.5 Å². The summed E-state index contributed by atoms with van der Waals surface area (Å²) < 4.78 is 13.8. The lowest BCUT2D eigenvalue weighted by Crippen LogP contribution is -2.13. The standard InChI is InChI=1S/C32H33N3O3/c1-5-37-27-13-11-26(12-14-27)34-32(36)24(20-33)19-25-21-35(30-9-7-6-8-29(25)30)16-17-38-31-18-23(4)10-15-28(31)22(2)3/h6-15,18-19,21-22H,5,16-17H2,1-4H3,(H,34,36)/b24-19+. The maximum atomic E-state index is 12.9. The van der Waals surface area contributed by atoms with Crippen LogP contribution in [0.3, 0.4) is 0 Å². The molecule has 0 saturated heterocycles. The number of hydrogen-bond donors (Lipinski definition) is 1. The van der Waals surface area contributed by atoms with Gasteiger partial charge < -0.3 is 19.4 Å². The number of para-hydroxylation sites is 1. The predicted molar refractivity (Wildman–Crippen MR) is 153 cm³/mol. The molecule has 3 aromatic carbocycles. The van der Waals surface area contributed by atoms with Crippen LogP contribution in [0, 0.1) is 18.3 Å². The molecule has 0 bridgehead atoms. The number of aromatic nitrogens is 1. The van der Waals surface area contributed by atoms with E-state index in [0.29, 0.717) is 31.4 Å². The van der Waals surface area contributed by atoms with E-state index < -0.39 is 5.91 Å². The van der Waals surface area contributed by atoms with Crippen LogP contribution in [0.5, 0.6) is 11.5 Å². The van der Waals surface area contributed by atoms with E-state index >= 15 is 0 Å². The van der Waals surface area contributed by atoms with Crippen LogP contribution in [0.25, 0.3) is 17.0 Å². The molecule has 0 aliphatic carbocycles. The van der Waals surface area contributed by atoms with E-state index in [0.717, 1.165) is 33.5 Å². The van der Waals surface area contributed by atoms with Crippen molar-refractivity contribution in [3.63, 3.8) is 0 Å².